The van der Waals surface area contributed by atoms with E-state index in [1.54, 1.807) is 31.4 Å². The standard InChI is InChI=1S/C11H15N3O3S.C9H12O.C7H8/c1-18(17)14-10-4-2-9(3-5-10)11(16)13-7-6-12-8-15;1-3-8-5-4-6-9(7-8)10-2;1-7-5-3-2-4-6-7/h2-5,8,14H,6-7H2,1H3,(H,12,15)(H,13,16);4-7H,3H2,1-2H3;2-6H,1H3. The van der Waals surface area contributed by atoms with Crippen molar-refractivity contribution in [3.8, 4) is 5.75 Å². The summed E-state index contributed by atoms with van der Waals surface area (Å²) in [7, 11) is 0.556. The number of amides is 2. The molecular formula is C27H35N3O4S. The second kappa shape index (κ2) is 17.8. The molecule has 3 rings (SSSR count). The number of nitrogens with one attached hydrogen (secondary N) is 3. The van der Waals surface area contributed by atoms with Crippen LogP contribution < -0.4 is 20.1 Å². The molecule has 2 amide bonds. The lowest BCUT2D eigenvalue weighted by Crippen LogP contribution is -2.31. The zero-order chi connectivity index (χ0) is 25.9. The van der Waals surface area contributed by atoms with Gasteiger partial charge in [0.25, 0.3) is 5.91 Å². The third kappa shape index (κ3) is 13.6. The van der Waals surface area contributed by atoms with E-state index in [2.05, 4.69) is 53.5 Å². The summed E-state index contributed by atoms with van der Waals surface area (Å²) in [6, 6.07) is 25.0. The molecule has 7 nitrogen and oxygen atoms in total. The van der Waals surface area contributed by atoms with E-state index in [4.69, 9.17) is 4.74 Å². The lowest BCUT2D eigenvalue weighted by Gasteiger charge is -2.06. The average molecular weight is 498 g/mol. The molecule has 0 heterocycles. The highest BCUT2D eigenvalue weighted by Gasteiger charge is 2.04. The van der Waals surface area contributed by atoms with Gasteiger partial charge in [-0.05, 0) is 55.3 Å². The van der Waals surface area contributed by atoms with Crippen molar-refractivity contribution in [1.29, 1.82) is 0 Å². The van der Waals surface area contributed by atoms with E-state index in [1.807, 2.05) is 30.3 Å². The first-order valence-corrected chi connectivity index (χ1v) is 12.7. The van der Waals surface area contributed by atoms with Crippen LogP contribution in [0.15, 0.2) is 78.9 Å². The molecule has 3 N–H and O–H groups in total. The van der Waals surface area contributed by atoms with Crippen LogP contribution in [0.4, 0.5) is 5.69 Å². The minimum atomic E-state index is -1.13. The van der Waals surface area contributed by atoms with Crippen molar-refractivity contribution in [2.75, 3.05) is 31.2 Å². The van der Waals surface area contributed by atoms with E-state index in [1.165, 1.54) is 17.4 Å². The van der Waals surface area contributed by atoms with Crippen LogP contribution in [0.3, 0.4) is 0 Å². The van der Waals surface area contributed by atoms with Gasteiger partial charge >= 0.3 is 0 Å². The van der Waals surface area contributed by atoms with Crippen LogP contribution in [0.5, 0.6) is 5.75 Å². The first kappa shape index (κ1) is 29.4. The molecule has 0 bridgehead atoms. The molecule has 0 saturated carbocycles. The van der Waals surface area contributed by atoms with Gasteiger partial charge in [-0.2, -0.15) is 0 Å². The molecule has 0 aliphatic heterocycles. The second-order valence-electron chi connectivity index (χ2n) is 7.32. The number of rotatable bonds is 9. The molecule has 0 fully saturated rings. The number of carbonyl (C=O) groups excluding carboxylic acids is 2. The summed E-state index contributed by atoms with van der Waals surface area (Å²) in [4.78, 5) is 21.6. The predicted molar refractivity (Wildman–Crippen MR) is 144 cm³/mol. The van der Waals surface area contributed by atoms with Crippen molar-refractivity contribution in [1.82, 2.24) is 10.6 Å². The van der Waals surface area contributed by atoms with Crippen LogP contribution in [-0.2, 0) is 22.2 Å². The van der Waals surface area contributed by atoms with Crippen molar-refractivity contribution in [3.63, 3.8) is 0 Å². The summed E-state index contributed by atoms with van der Waals surface area (Å²) < 4.78 is 18.7. The second-order valence-corrected chi connectivity index (χ2v) is 8.43. The maximum absolute atomic E-state index is 11.6. The Labute approximate surface area is 210 Å². The van der Waals surface area contributed by atoms with Crippen LogP contribution in [0.2, 0.25) is 0 Å². The largest absolute Gasteiger partial charge is 0.497 e. The molecule has 188 valence electrons. The summed E-state index contributed by atoms with van der Waals surface area (Å²) in [6.45, 7) is 4.98. The SMILES string of the molecule is CCc1cccc(OC)c1.CS(=O)Nc1ccc(C(=O)NCCNC=O)cc1.Cc1ccccc1. The minimum Gasteiger partial charge on any atom is -0.497 e. The third-order valence-corrected chi connectivity index (χ3v) is 5.05. The Morgan fingerprint density at radius 2 is 1.66 bits per heavy atom. The predicted octanol–water partition coefficient (Wildman–Crippen LogP) is 4.12. The maximum atomic E-state index is 11.6. The Bertz CT molecular complexity index is 1010. The van der Waals surface area contributed by atoms with Crippen LogP contribution in [0, 0.1) is 6.92 Å². The lowest BCUT2D eigenvalue weighted by molar-refractivity contribution is -0.109. The van der Waals surface area contributed by atoms with E-state index < -0.39 is 11.0 Å². The van der Waals surface area contributed by atoms with Gasteiger partial charge in [-0.3, -0.25) is 9.59 Å². The zero-order valence-corrected chi connectivity index (χ0v) is 21.6. The van der Waals surface area contributed by atoms with Gasteiger partial charge in [-0.15, -0.1) is 0 Å². The first-order chi connectivity index (χ1) is 16.9. The molecule has 35 heavy (non-hydrogen) atoms. The molecular weight excluding hydrogens is 462 g/mol. The highest BCUT2D eigenvalue weighted by atomic mass is 32.2. The fourth-order valence-electron chi connectivity index (χ4n) is 2.69. The van der Waals surface area contributed by atoms with Crippen LogP contribution >= 0.6 is 0 Å². The molecule has 0 spiro atoms. The Kier molecular flexibility index (Phi) is 14.9. The fourth-order valence-corrected chi connectivity index (χ4v) is 3.16. The summed E-state index contributed by atoms with van der Waals surface area (Å²) in [5.74, 6) is 0.728. The van der Waals surface area contributed by atoms with Crippen LogP contribution in [-0.4, -0.2) is 43.0 Å². The van der Waals surface area contributed by atoms with Crippen molar-refractivity contribution in [2.24, 2.45) is 0 Å². The Morgan fingerprint density at radius 3 is 2.17 bits per heavy atom. The van der Waals surface area contributed by atoms with Gasteiger partial charge in [0.1, 0.15) is 16.7 Å². The number of methoxy groups -OCH3 is 1. The topological polar surface area (TPSA) is 96.5 Å². The highest BCUT2D eigenvalue weighted by Crippen LogP contribution is 2.12. The van der Waals surface area contributed by atoms with E-state index in [9.17, 15) is 13.8 Å². The molecule has 0 aliphatic rings. The van der Waals surface area contributed by atoms with Crippen molar-refractivity contribution >= 4 is 29.0 Å². The summed E-state index contributed by atoms with van der Waals surface area (Å²) in [6.07, 6.45) is 3.18. The van der Waals surface area contributed by atoms with Crippen molar-refractivity contribution in [3.05, 3.63) is 95.6 Å². The Hall–Kier alpha value is -3.65. The fraction of sp³-hybridized carbons (Fsp3) is 0.259. The zero-order valence-electron chi connectivity index (χ0n) is 20.7. The van der Waals surface area contributed by atoms with Crippen molar-refractivity contribution in [2.45, 2.75) is 20.3 Å². The quantitative estimate of drug-likeness (QED) is 0.306. The van der Waals surface area contributed by atoms with Gasteiger partial charge in [0.05, 0.1) is 7.11 Å². The summed E-state index contributed by atoms with van der Waals surface area (Å²) in [5, 5.41) is 5.10. The monoisotopic (exact) mass is 497 g/mol. The number of ether oxygens (including phenoxy) is 1. The molecule has 3 aromatic rings. The van der Waals surface area contributed by atoms with Gasteiger partial charge in [0.2, 0.25) is 6.41 Å². The first-order valence-electron chi connectivity index (χ1n) is 11.2. The molecule has 0 saturated heterocycles. The summed E-state index contributed by atoms with van der Waals surface area (Å²) >= 11 is 0. The number of anilines is 1. The van der Waals surface area contributed by atoms with Gasteiger partial charge < -0.3 is 20.1 Å². The lowest BCUT2D eigenvalue weighted by atomic mass is 10.2. The molecule has 0 aliphatic carbocycles. The number of hydrogen-bond donors (Lipinski definition) is 3. The normalized spacial score (nSPS) is 10.3. The Balaban J connectivity index is 0.000000299. The number of aryl methyl sites for hydroxylation is 2. The van der Waals surface area contributed by atoms with Crippen LogP contribution in [0.1, 0.15) is 28.4 Å². The molecule has 3 aromatic carbocycles. The van der Waals surface area contributed by atoms with Gasteiger partial charge in [0.15, 0.2) is 0 Å². The maximum Gasteiger partial charge on any atom is 0.251 e. The average Bonchev–Trinajstić information content (AvgIpc) is 2.88. The highest BCUT2D eigenvalue weighted by molar-refractivity contribution is 7.85. The molecule has 0 radical (unpaired) electrons. The van der Waals surface area contributed by atoms with Gasteiger partial charge in [-0.25, -0.2) is 4.21 Å². The molecule has 0 aromatic heterocycles. The van der Waals surface area contributed by atoms with E-state index in [0.717, 1.165) is 12.2 Å². The smallest absolute Gasteiger partial charge is 0.251 e. The van der Waals surface area contributed by atoms with Gasteiger partial charge in [0, 0.05) is 30.6 Å². The number of hydrogen-bond acceptors (Lipinski definition) is 4. The summed E-state index contributed by atoms with van der Waals surface area (Å²) in [5.41, 5.74) is 3.84. The molecule has 1 unspecified atom stereocenters. The third-order valence-electron chi connectivity index (χ3n) is 4.53. The molecule has 8 heteroatoms. The Morgan fingerprint density at radius 1 is 0.971 bits per heavy atom. The van der Waals surface area contributed by atoms with Crippen LogP contribution in [0.25, 0.3) is 0 Å². The minimum absolute atomic E-state index is 0.216. The van der Waals surface area contributed by atoms with E-state index in [-0.39, 0.29) is 5.91 Å². The van der Waals surface area contributed by atoms with Crippen molar-refractivity contribution < 1.29 is 18.5 Å². The van der Waals surface area contributed by atoms with E-state index >= 15 is 0 Å². The van der Waals surface area contributed by atoms with E-state index in [0.29, 0.717) is 30.8 Å². The number of benzene rings is 3. The molecule has 1 atom stereocenters. The van der Waals surface area contributed by atoms with Gasteiger partial charge in [-0.1, -0.05) is 55.0 Å². The number of carbonyl (C=O) groups is 2.